The summed E-state index contributed by atoms with van der Waals surface area (Å²) in [5.41, 5.74) is 0. The van der Waals surface area contributed by atoms with E-state index in [4.69, 9.17) is 0 Å². The first-order chi connectivity index (χ1) is 8.26. The largest absolute Gasteiger partial charge is 0.330 e. The molecule has 1 N–H and O–H groups in total. The molecular weight excluding hydrogens is 260 g/mol. The van der Waals surface area contributed by atoms with Gasteiger partial charge in [-0.05, 0) is 6.42 Å². The van der Waals surface area contributed by atoms with Gasteiger partial charge < -0.3 is 0 Å². The van der Waals surface area contributed by atoms with Gasteiger partial charge in [0.05, 0.1) is 5.75 Å². The molecule has 7 nitrogen and oxygen atoms in total. The van der Waals surface area contributed by atoms with Crippen LogP contribution >= 0.6 is 0 Å². The fraction of sp³-hybridized carbons (Fsp3) is 0.700. The second-order valence-electron chi connectivity index (χ2n) is 4.26. The lowest BCUT2D eigenvalue weighted by Crippen LogP contribution is -2.58. The van der Waals surface area contributed by atoms with Gasteiger partial charge in [-0.25, -0.2) is 13.2 Å². The average molecular weight is 276 g/mol. The van der Waals surface area contributed by atoms with E-state index in [0.717, 1.165) is 11.2 Å². The standard InChI is InChI=1S/C10H16N2O5S/c1-3-4-7-8(13)11-10(15)12(9(7)14)5-6-18(2,16)17/h7H,3-6H2,1-2H3,(H,11,13,15). The van der Waals surface area contributed by atoms with Crippen LogP contribution in [0.15, 0.2) is 0 Å². The van der Waals surface area contributed by atoms with Gasteiger partial charge >= 0.3 is 6.03 Å². The number of carbonyl (C=O) groups is 3. The maximum Gasteiger partial charge on any atom is 0.330 e. The molecule has 0 aliphatic carbocycles. The molecule has 0 bridgehead atoms. The van der Waals surface area contributed by atoms with Crippen LogP contribution in [-0.4, -0.2) is 49.7 Å². The highest BCUT2D eigenvalue weighted by molar-refractivity contribution is 7.90. The van der Waals surface area contributed by atoms with Crippen molar-refractivity contribution in [3.05, 3.63) is 0 Å². The first-order valence-electron chi connectivity index (χ1n) is 5.60. The van der Waals surface area contributed by atoms with Gasteiger partial charge in [-0.2, -0.15) is 0 Å². The first kappa shape index (κ1) is 14.6. The summed E-state index contributed by atoms with van der Waals surface area (Å²) in [6.07, 6.45) is 1.99. The molecule has 1 rings (SSSR count). The van der Waals surface area contributed by atoms with Crippen LogP contribution in [0.25, 0.3) is 0 Å². The van der Waals surface area contributed by atoms with Crippen LogP contribution in [0.2, 0.25) is 0 Å². The number of imide groups is 2. The normalized spacial score (nSPS) is 21.1. The smallest absolute Gasteiger partial charge is 0.277 e. The van der Waals surface area contributed by atoms with Crippen molar-refractivity contribution in [1.82, 2.24) is 10.2 Å². The minimum absolute atomic E-state index is 0.225. The average Bonchev–Trinajstić information content (AvgIpc) is 2.22. The second-order valence-corrected chi connectivity index (χ2v) is 6.52. The van der Waals surface area contributed by atoms with E-state index < -0.39 is 33.6 Å². The number of hydrogen-bond donors (Lipinski definition) is 1. The summed E-state index contributed by atoms with van der Waals surface area (Å²) in [5.74, 6) is -2.43. The summed E-state index contributed by atoms with van der Waals surface area (Å²) in [4.78, 5) is 35.6. The summed E-state index contributed by atoms with van der Waals surface area (Å²) < 4.78 is 22.0. The Hall–Kier alpha value is -1.44. The van der Waals surface area contributed by atoms with E-state index in [-0.39, 0.29) is 12.3 Å². The van der Waals surface area contributed by atoms with Gasteiger partial charge in [-0.3, -0.25) is 19.8 Å². The molecule has 8 heteroatoms. The molecule has 4 amide bonds. The fourth-order valence-electron chi connectivity index (χ4n) is 1.67. The Bertz CT molecular complexity index is 471. The zero-order valence-electron chi connectivity index (χ0n) is 10.3. The van der Waals surface area contributed by atoms with Crippen molar-refractivity contribution < 1.29 is 22.8 Å². The number of urea groups is 1. The molecule has 18 heavy (non-hydrogen) atoms. The number of carbonyl (C=O) groups excluding carboxylic acids is 3. The summed E-state index contributed by atoms with van der Waals surface area (Å²) in [7, 11) is -3.27. The van der Waals surface area contributed by atoms with E-state index in [0.29, 0.717) is 12.8 Å². The lowest BCUT2D eigenvalue weighted by atomic mass is 9.99. The third-order valence-corrected chi connectivity index (χ3v) is 3.54. The molecule has 0 spiro atoms. The maximum absolute atomic E-state index is 11.9. The van der Waals surface area contributed by atoms with Gasteiger partial charge in [0.15, 0.2) is 0 Å². The minimum atomic E-state index is -3.27. The Kier molecular flexibility index (Phi) is 4.44. The number of sulfone groups is 1. The van der Waals surface area contributed by atoms with E-state index in [9.17, 15) is 22.8 Å². The van der Waals surface area contributed by atoms with Gasteiger partial charge in [-0.1, -0.05) is 13.3 Å². The van der Waals surface area contributed by atoms with Crippen LogP contribution in [-0.2, 0) is 19.4 Å². The van der Waals surface area contributed by atoms with Crippen molar-refractivity contribution in [1.29, 1.82) is 0 Å². The monoisotopic (exact) mass is 276 g/mol. The van der Waals surface area contributed by atoms with Crippen molar-refractivity contribution >= 4 is 27.7 Å². The van der Waals surface area contributed by atoms with Crippen molar-refractivity contribution in [2.24, 2.45) is 5.92 Å². The summed E-state index contributed by atoms with van der Waals surface area (Å²) in [6.45, 7) is 1.59. The molecule has 1 unspecified atom stereocenters. The quantitative estimate of drug-likeness (QED) is 0.684. The van der Waals surface area contributed by atoms with E-state index >= 15 is 0 Å². The van der Waals surface area contributed by atoms with Gasteiger partial charge in [-0.15, -0.1) is 0 Å². The predicted molar refractivity (Wildman–Crippen MR) is 63.4 cm³/mol. The number of nitrogens with zero attached hydrogens (tertiary/aromatic N) is 1. The summed E-state index contributed by atoms with van der Waals surface area (Å²) >= 11 is 0. The zero-order chi connectivity index (χ0) is 13.9. The molecule has 1 atom stereocenters. The third-order valence-electron chi connectivity index (χ3n) is 2.62. The van der Waals surface area contributed by atoms with Crippen LogP contribution in [0.1, 0.15) is 19.8 Å². The second kappa shape index (κ2) is 5.47. The van der Waals surface area contributed by atoms with Crippen molar-refractivity contribution in [2.75, 3.05) is 18.6 Å². The molecular formula is C10H16N2O5S. The molecule has 1 saturated heterocycles. The first-order valence-corrected chi connectivity index (χ1v) is 7.66. The molecule has 1 aliphatic heterocycles. The lowest BCUT2D eigenvalue weighted by Gasteiger charge is -2.29. The van der Waals surface area contributed by atoms with Gasteiger partial charge in [0.25, 0.3) is 0 Å². The van der Waals surface area contributed by atoms with E-state index in [2.05, 4.69) is 5.32 Å². The number of hydrogen-bond acceptors (Lipinski definition) is 5. The third kappa shape index (κ3) is 3.52. The summed E-state index contributed by atoms with van der Waals surface area (Å²) in [5, 5.41) is 2.06. The number of amides is 4. The van der Waals surface area contributed by atoms with Gasteiger partial charge in [0.1, 0.15) is 15.8 Å². The highest BCUT2D eigenvalue weighted by Gasteiger charge is 2.39. The van der Waals surface area contributed by atoms with Crippen LogP contribution < -0.4 is 5.32 Å². The Morgan fingerprint density at radius 2 is 1.89 bits per heavy atom. The molecule has 0 aromatic carbocycles. The Labute approximate surface area is 105 Å². The predicted octanol–water partition coefficient (Wildman–Crippen LogP) is -0.474. The minimum Gasteiger partial charge on any atom is -0.277 e. The van der Waals surface area contributed by atoms with Crippen LogP contribution in [0, 0.1) is 5.92 Å². The molecule has 0 aromatic rings. The highest BCUT2D eigenvalue weighted by Crippen LogP contribution is 2.15. The molecule has 0 aromatic heterocycles. The topological polar surface area (TPSA) is 101 Å². The maximum atomic E-state index is 11.9. The van der Waals surface area contributed by atoms with Crippen molar-refractivity contribution in [3.63, 3.8) is 0 Å². The van der Waals surface area contributed by atoms with Crippen LogP contribution in [0.4, 0.5) is 4.79 Å². The van der Waals surface area contributed by atoms with Crippen molar-refractivity contribution in [2.45, 2.75) is 19.8 Å². The molecule has 0 radical (unpaired) electrons. The number of barbiturate groups is 1. The van der Waals surface area contributed by atoms with Crippen LogP contribution in [0.5, 0.6) is 0 Å². The van der Waals surface area contributed by atoms with Gasteiger partial charge in [0, 0.05) is 12.8 Å². The van der Waals surface area contributed by atoms with E-state index in [1.54, 1.807) is 0 Å². The Morgan fingerprint density at radius 1 is 1.28 bits per heavy atom. The van der Waals surface area contributed by atoms with Crippen LogP contribution in [0.3, 0.4) is 0 Å². The van der Waals surface area contributed by atoms with E-state index in [1.807, 2.05) is 6.92 Å². The number of nitrogens with one attached hydrogen (secondary N) is 1. The van der Waals surface area contributed by atoms with Gasteiger partial charge in [0.2, 0.25) is 11.8 Å². The lowest BCUT2D eigenvalue weighted by molar-refractivity contribution is -0.142. The summed E-state index contributed by atoms with van der Waals surface area (Å²) in [6, 6.07) is -0.846. The highest BCUT2D eigenvalue weighted by atomic mass is 32.2. The Balaban J connectivity index is 2.80. The SMILES string of the molecule is CCCC1C(=O)NC(=O)N(CCS(C)(=O)=O)C1=O. The molecule has 1 fully saturated rings. The zero-order valence-corrected chi connectivity index (χ0v) is 11.1. The van der Waals surface area contributed by atoms with Crippen molar-refractivity contribution in [3.8, 4) is 0 Å². The Morgan fingerprint density at radius 3 is 2.39 bits per heavy atom. The molecule has 102 valence electrons. The molecule has 0 saturated carbocycles. The molecule has 1 heterocycles. The fourth-order valence-corrected chi connectivity index (χ4v) is 2.19. The van der Waals surface area contributed by atoms with E-state index in [1.165, 1.54) is 0 Å². The molecule has 1 aliphatic rings. The number of rotatable bonds is 5.